The number of methoxy groups -OCH3 is 1. The fraction of sp³-hybridized carbons (Fsp3) is 0.300. The maximum atomic E-state index is 11.1. The number of aromatic carboxylic acids is 1. The van der Waals surface area contributed by atoms with Gasteiger partial charge >= 0.3 is 6.75 Å². The summed E-state index contributed by atoms with van der Waals surface area (Å²) >= 11 is 0. The second-order valence-electron chi connectivity index (χ2n) is 3.93. The van der Waals surface area contributed by atoms with Crippen LogP contribution in [0.2, 0.25) is 0 Å². The van der Waals surface area contributed by atoms with Crippen molar-refractivity contribution in [2.45, 2.75) is 6.61 Å². The molecular formula is C10H11BO7-2. The molecule has 1 aliphatic rings. The SMILES string of the molecule is COCc1ccc2c(c1C(=O)[O-])O[B-](O)(O)CO2. The van der Waals surface area contributed by atoms with Gasteiger partial charge in [0.1, 0.15) is 5.75 Å². The molecule has 0 amide bonds. The van der Waals surface area contributed by atoms with Gasteiger partial charge in [-0.2, -0.15) is 0 Å². The van der Waals surface area contributed by atoms with Crippen molar-refractivity contribution >= 4 is 12.7 Å². The fourth-order valence-electron chi connectivity index (χ4n) is 1.76. The van der Waals surface area contributed by atoms with E-state index in [2.05, 4.69) is 0 Å². The monoisotopic (exact) mass is 254 g/mol. The molecule has 1 aliphatic heterocycles. The van der Waals surface area contributed by atoms with Crippen molar-refractivity contribution in [1.82, 2.24) is 0 Å². The summed E-state index contributed by atoms with van der Waals surface area (Å²) in [5, 5.41) is 29.9. The predicted octanol–water partition coefficient (Wildman–Crippen LogP) is -1.57. The van der Waals surface area contributed by atoms with Gasteiger partial charge in [0.25, 0.3) is 0 Å². The van der Waals surface area contributed by atoms with Crippen LogP contribution in [0.3, 0.4) is 0 Å². The van der Waals surface area contributed by atoms with Crippen molar-refractivity contribution in [2.75, 3.05) is 13.6 Å². The van der Waals surface area contributed by atoms with Crippen molar-refractivity contribution < 1.29 is 34.1 Å². The van der Waals surface area contributed by atoms with E-state index in [4.69, 9.17) is 14.1 Å². The van der Waals surface area contributed by atoms with E-state index in [1.54, 1.807) is 0 Å². The highest BCUT2D eigenvalue weighted by molar-refractivity contribution is 6.58. The second-order valence-corrected chi connectivity index (χ2v) is 3.93. The van der Waals surface area contributed by atoms with E-state index in [0.717, 1.165) is 0 Å². The number of carboxylic acids is 1. The Balaban J connectivity index is 2.54. The summed E-state index contributed by atoms with van der Waals surface area (Å²) in [6, 6.07) is 2.97. The van der Waals surface area contributed by atoms with E-state index in [1.807, 2.05) is 0 Å². The molecule has 1 aromatic rings. The summed E-state index contributed by atoms with van der Waals surface area (Å²) in [6.45, 7) is -3.65. The first-order valence-corrected chi connectivity index (χ1v) is 5.23. The second kappa shape index (κ2) is 4.49. The molecule has 2 rings (SSSR count). The van der Waals surface area contributed by atoms with Crippen molar-refractivity contribution in [2.24, 2.45) is 0 Å². The molecule has 8 heteroatoms. The smallest absolute Gasteiger partial charge is 0.467 e. The van der Waals surface area contributed by atoms with E-state index in [1.165, 1.54) is 19.2 Å². The van der Waals surface area contributed by atoms with Crippen LogP contribution in [0.1, 0.15) is 15.9 Å². The van der Waals surface area contributed by atoms with Crippen molar-refractivity contribution in [3.8, 4) is 11.5 Å². The molecule has 98 valence electrons. The molecule has 0 saturated heterocycles. The van der Waals surface area contributed by atoms with Crippen molar-refractivity contribution in [3.63, 3.8) is 0 Å². The highest BCUT2D eigenvalue weighted by atomic mass is 16.7. The molecule has 0 radical (unpaired) electrons. The molecule has 0 aromatic heterocycles. The Morgan fingerprint density at radius 1 is 1.56 bits per heavy atom. The number of hydrogen-bond donors (Lipinski definition) is 2. The molecule has 0 spiro atoms. The Hall–Kier alpha value is -1.77. The van der Waals surface area contributed by atoms with Gasteiger partial charge in [0.2, 0.25) is 0 Å². The number of fused-ring (bicyclic) bond motifs is 1. The molecule has 1 heterocycles. The Labute approximate surface area is 103 Å². The van der Waals surface area contributed by atoms with E-state index in [0.29, 0.717) is 5.56 Å². The van der Waals surface area contributed by atoms with Crippen LogP contribution in [-0.2, 0) is 11.3 Å². The van der Waals surface area contributed by atoms with Crippen LogP contribution in [0.25, 0.3) is 0 Å². The number of ether oxygens (including phenoxy) is 2. The fourth-order valence-corrected chi connectivity index (χ4v) is 1.76. The molecule has 0 atom stereocenters. The minimum atomic E-state index is -3.22. The maximum absolute atomic E-state index is 11.1. The summed E-state index contributed by atoms with van der Waals surface area (Å²) in [5.74, 6) is -1.63. The van der Waals surface area contributed by atoms with E-state index < -0.39 is 19.2 Å². The quantitative estimate of drug-likeness (QED) is 0.627. The largest absolute Gasteiger partial charge is 0.665 e. The molecule has 0 fully saturated rings. The van der Waals surface area contributed by atoms with Crippen LogP contribution in [0, 0.1) is 0 Å². The van der Waals surface area contributed by atoms with Gasteiger partial charge in [-0.1, -0.05) is 6.07 Å². The number of carbonyl (C=O) groups excluding carboxylic acids is 1. The zero-order valence-electron chi connectivity index (χ0n) is 9.58. The zero-order valence-corrected chi connectivity index (χ0v) is 9.58. The topological polar surface area (TPSA) is 108 Å². The number of carbonyl (C=O) groups is 1. The lowest BCUT2D eigenvalue weighted by atomic mass is 9.80. The van der Waals surface area contributed by atoms with Crippen LogP contribution in [0.15, 0.2) is 12.1 Å². The maximum Gasteiger partial charge on any atom is 0.467 e. The first-order chi connectivity index (χ1) is 8.44. The lowest BCUT2D eigenvalue weighted by Crippen LogP contribution is -2.51. The molecule has 1 aromatic carbocycles. The van der Waals surface area contributed by atoms with Crippen LogP contribution < -0.4 is 14.5 Å². The molecular weight excluding hydrogens is 243 g/mol. The average Bonchev–Trinajstić information content (AvgIpc) is 2.27. The van der Waals surface area contributed by atoms with Crippen LogP contribution >= 0.6 is 0 Å². The highest BCUT2D eigenvalue weighted by Gasteiger charge is 2.32. The van der Waals surface area contributed by atoms with Crippen molar-refractivity contribution in [3.05, 3.63) is 23.3 Å². The van der Waals surface area contributed by atoms with Crippen LogP contribution in [-0.4, -0.2) is 36.4 Å². The van der Waals surface area contributed by atoms with Crippen LogP contribution in [0.4, 0.5) is 0 Å². The Morgan fingerprint density at radius 3 is 2.89 bits per heavy atom. The van der Waals surface area contributed by atoms with Gasteiger partial charge in [0.15, 0.2) is 5.75 Å². The summed E-state index contributed by atoms with van der Waals surface area (Å²) in [4.78, 5) is 11.1. The van der Waals surface area contributed by atoms with E-state index >= 15 is 0 Å². The van der Waals surface area contributed by atoms with Gasteiger partial charge in [-0.25, -0.2) is 0 Å². The standard InChI is InChI=1S/C10H12BO7/c1-16-4-6-2-3-7-9(8(6)10(12)13)18-11(14,15)5-17-7/h2-3,14-15H,4-5H2,1H3,(H,12,13)/q-1/p-1. The van der Waals surface area contributed by atoms with Gasteiger partial charge < -0.3 is 34.1 Å². The van der Waals surface area contributed by atoms with Gasteiger partial charge in [0, 0.05) is 12.7 Å². The lowest BCUT2D eigenvalue weighted by molar-refractivity contribution is -0.255. The van der Waals surface area contributed by atoms with E-state index in [9.17, 15) is 19.9 Å². The minimum Gasteiger partial charge on any atom is -0.665 e. The summed E-state index contributed by atoms with van der Waals surface area (Å²) < 4.78 is 14.8. The Kier molecular flexibility index (Phi) is 3.16. The first-order valence-electron chi connectivity index (χ1n) is 5.23. The number of rotatable bonds is 3. The predicted molar refractivity (Wildman–Crippen MR) is 57.8 cm³/mol. The summed E-state index contributed by atoms with van der Waals surface area (Å²) in [6.07, 6.45) is 0. The molecule has 0 saturated carbocycles. The molecule has 0 unspecified atom stereocenters. The number of hydrogen-bond acceptors (Lipinski definition) is 7. The Morgan fingerprint density at radius 2 is 2.28 bits per heavy atom. The molecule has 0 bridgehead atoms. The number of benzene rings is 1. The highest BCUT2D eigenvalue weighted by Crippen LogP contribution is 2.37. The van der Waals surface area contributed by atoms with Gasteiger partial charge in [0.05, 0.1) is 19.1 Å². The van der Waals surface area contributed by atoms with E-state index in [-0.39, 0.29) is 23.7 Å². The molecule has 0 aliphatic carbocycles. The van der Waals surface area contributed by atoms with Crippen molar-refractivity contribution in [1.29, 1.82) is 0 Å². The lowest BCUT2D eigenvalue weighted by Gasteiger charge is -2.38. The van der Waals surface area contributed by atoms with Gasteiger partial charge in [-0.3, -0.25) is 0 Å². The summed E-state index contributed by atoms with van der Waals surface area (Å²) in [5.41, 5.74) is -0.00301. The van der Waals surface area contributed by atoms with Gasteiger partial charge in [-0.05, 0) is 11.6 Å². The zero-order chi connectivity index (χ0) is 13.3. The number of carboxylic acid groups (broad SMARTS) is 1. The normalized spacial score (nSPS) is 16.4. The molecule has 7 nitrogen and oxygen atoms in total. The summed E-state index contributed by atoms with van der Waals surface area (Å²) in [7, 11) is 1.40. The van der Waals surface area contributed by atoms with Gasteiger partial charge in [-0.15, -0.1) is 0 Å². The third kappa shape index (κ3) is 2.26. The van der Waals surface area contributed by atoms with Crippen LogP contribution in [0.5, 0.6) is 11.5 Å². The molecule has 2 N–H and O–H groups in total. The first kappa shape index (κ1) is 12.7. The molecule has 18 heavy (non-hydrogen) atoms. The third-order valence-corrected chi connectivity index (χ3v) is 2.47. The third-order valence-electron chi connectivity index (χ3n) is 2.47. The minimum absolute atomic E-state index is 0.0246. The Bertz CT molecular complexity index is 485. The average molecular weight is 254 g/mol.